The molecule has 2 rings (SSSR count). The Morgan fingerprint density at radius 2 is 2.00 bits per heavy atom. The van der Waals surface area contributed by atoms with Crippen LogP contribution in [-0.4, -0.2) is 37.4 Å². The molecule has 114 valence electrons. The van der Waals surface area contributed by atoms with E-state index in [9.17, 15) is 4.79 Å². The predicted molar refractivity (Wildman–Crippen MR) is 87.0 cm³/mol. The highest BCUT2D eigenvalue weighted by atomic mass is 79.9. The fraction of sp³-hybridized carbons (Fsp3) is 0.462. The zero-order valence-corrected chi connectivity index (χ0v) is 15.3. The molecule has 0 bridgehead atoms. The second-order valence-electron chi connectivity index (χ2n) is 4.60. The molecule has 0 aliphatic carbocycles. The van der Waals surface area contributed by atoms with Crippen molar-refractivity contribution >= 4 is 37.8 Å². The van der Waals surface area contributed by atoms with Gasteiger partial charge in [-0.15, -0.1) is 0 Å². The number of amides is 1. The monoisotopic (exact) mass is 417 g/mol. The molecule has 2 aromatic heterocycles. The van der Waals surface area contributed by atoms with Crippen LogP contribution in [0.3, 0.4) is 0 Å². The first-order chi connectivity index (χ1) is 9.97. The van der Waals surface area contributed by atoms with E-state index >= 15 is 0 Å². The molecule has 0 spiro atoms. The standard InChI is InChI=1S/C13H17Br2N5O/c1-4-19-7-10(15)12(17-19)13(21)18(3)8-11-9(14)6-16-20(11)5-2/h6-7H,4-5,8H2,1-3H3. The van der Waals surface area contributed by atoms with Gasteiger partial charge in [-0.3, -0.25) is 14.2 Å². The quantitative estimate of drug-likeness (QED) is 0.749. The highest BCUT2D eigenvalue weighted by Crippen LogP contribution is 2.20. The Bertz CT molecular complexity index is 649. The van der Waals surface area contributed by atoms with E-state index in [2.05, 4.69) is 42.1 Å². The van der Waals surface area contributed by atoms with E-state index in [1.807, 2.05) is 24.7 Å². The van der Waals surface area contributed by atoms with Crippen molar-refractivity contribution in [1.29, 1.82) is 0 Å². The van der Waals surface area contributed by atoms with Crippen LogP contribution in [0.1, 0.15) is 30.0 Å². The maximum atomic E-state index is 12.5. The smallest absolute Gasteiger partial charge is 0.275 e. The minimum Gasteiger partial charge on any atom is -0.334 e. The number of nitrogens with zero attached hydrogens (tertiary/aromatic N) is 5. The molecule has 0 unspecified atom stereocenters. The third-order valence-corrected chi connectivity index (χ3v) is 4.42. The zero-order valence-electron chi connectivity index (χ0n) is 12.2. The molecule has 6 nitrogen and oxygen atoms in total. The first kappa shape index (κ1) is 16.2. The molecule has 0 aromatic carbocycles. The number of carbonyl (C=O) groups is 1. The number of aromatic nitrogens is 4. The molecule has 0 saturated heterocycles. The van der Waals surface area contributed by atoms with Crippen molar-refractivity contribution in [2.45, 2.75) is 33.5 Å². The van der Waals surface area contributed by atoms with Gasteiger partial charge in [0, 0.05) is 26.3 Å². The first-order valence-electron chi connectivity index (χ1n) is 6.66. The van der Waals surface area contributed by atoms with Gasteiger partial charge < -0.3 is 4.90 Å². The van der Waals surface area contributed by atoms with E-state index in [4.69, 9.17) is 0 Å². The van der Waals surface area contributed by atoms with E-state index in [-0.39, 0.29) is 5.91 Å². The normalized spacial score (nSPS) is 10.9. The lowest BCUT2D eigenvalue weighted by atomic mass is 10.3. The molecule has 0 aliphatic heterocycles. The second-order valence-corrected chi connectivity index (χ2v) is 6.31. The number of hydrogen-bond donors (Lipinski definition) is 0. The van der Waals surface area contributed by atoms with E-state index < -0.39 is 0 Å². The fourth-order valence-corrected chi connectivity index (χ4v) is 2.91. The molecular formula is C13H17Br2N5O. The third-order valence-electron chi connectivity index (χ3n) is 3.17. The summed E-state index contributed by atoms with van der Waals surface area (Å²) in [6, 6.07) is 0. The van der Waals surface area contributed by atoms with Gasteiger partial charge in [0.25, 0.3) is 5.91 Å². The van der Waals surface area contributed by atoms with E-state index in [0.717, 1.165) is 23.3 Å². The summed E-state index contributed by atoms with van der Waals surface area (Å²) < 4.78 is 5.22. The Hall–Kier alpha value is -1.15. The number of carbonyl (C=O) groups excluding carboxylic acids is 1. The summed E-state index contributed by atoms with van der Waals surface area (Å²) in [5, 5.41) is 8.55. The van der Waals surface area contributed by atoms with Gasteiger partial charge in [-0.1, -0.05) is 0 Å². The summed E-state index contributed by atoms with van der Waals surface area (Å²) in [6.07, 6.45) is 3.56. The minimum atomic E-state index is -0.121. The van der Waals surface area contributed by atoms with Gasteiger partial charge in [-0.05, 0) is 45.7 Å². The average molecular weight is 419 g/mol. The van der Waals surface area contributed by atoms with Crippen molar-refractivity contribution in [2.24, 2.45) is 0 Å². The SMILES string of the molecule is CCn1cc(Br)c(C(=O)N(C)Cc2c(Br)cnn2CC)n1. The number of hydrogen-bond acceptors (Lipinski definition) is 3. The second kappa shape index (κ2) is 6.74. The Balaban J connectivity index is 2.19. The van der Waals surface area contributed by atoms with Crippen molar-refractivity contribution < 1.29 is 4.79 Å². The van der Waals surface area contributed by atoms with Gasteiger partial charge in [0.05, 0.1) is 27.4 Å². The molecule has 2 heterocycles. The minimum absolute atomic E-state index is 0.121. The fourth-order valence-electron chi connectivity index (χ4n) is 2.00. The first-order valence-corrected chi connectivity index (χ1v) is 8.25. The van der Waals surface area contributed by atoms with Gasteiger partial charge in [0.1, 0.15) is 0 Å². The molecular weight excluding hydrogens is 402 g/mol. The lowest BCUT2D eigenvalue weighted by Gasteiger charge is -2.17. The molecule has 2 aromatic rings. The molecule has 0 atom stereocenters. The van der Waals surface area contributed by atoms with Gasteiger partial charge in [-0.2, -0.15) is 10.2 Å². The van der Waals surface area contributed by atoms with Crippen molar-refractivity contribution in [2.75, 3.05) is 7.05 Å². The van der Waals surface area contributed by atoms with Gasteiger partial charge in [0.15, 0.2) is 5.69 Å². The topological polar surface area (TPSA) is 56.0 Å². The molecule has 0 radical (unpaired) electrons. The Labute approximate surface area is 140 Å². The maximum Gasteiger partial charge on any atom is 0.275 e. The third kappa shape index (κ3) is 3.37. The van der Waals surface area contributed by atoms with Crippen LogP contribution in [-0.2, 0) is 19.6 Å². The molecule has 8 heteroatoms. The number of aryl methyl sites for hydroxylation is 2. The van der Waals surface area contributed by atoms with Gasteiger partial charge in [0.2, 0.25) is 0 Å². The van der Waals surface area contributed by atoms with Crippen molar-refractivity contribution in [1.82, 2.24) is 24.5 Å². The summed E-state index contributed by atoms with van der Waals surface area (Å²) in [4.78, 5) is 14.1. The largest absolute Gasteiger partial charge is 0.334 e. The van der Waals surface area contributed by atoms with Crippen LogP contribution in [0.5, 0.6) is 0 Å². The summed E-state index contributed by atoms with van der Waals surface area (Å²) in [5.74, 6) is -0.121. The Morgan fingerprint density at radius 3 is 2.57 bits per heavy atom. The van der Waals surface area contributed by atoms with Crippen molar-refractivity contribution in [3.63, 3.8) is 0 Å². The van der Waals surface area contributed by atoms with E-state index in [0.29, 0.717) is 16.7 Å². The van der Waals surface area contributed by atoms with Crippen LogP contribution in [0, 0.1) is 0 Å². The van der Waals surface area contributed by atoms with Crippen LogP contribution >= 0.6 is 31.9 Å². The highest BCUT2D eigenvalue weighted by Gasteiger charge is 2.21. The Morgan fingerprint density at radius 1 is 1.29 bits per heavy atom. The molecule has 0 aliphatic rings. The van der Waals surface area contributed by atoms with Crippen molar-refractivity contribution in [3.8, 4) is 0 Å². The summed E-state index contributed by atoms with van der Waals surface area (Å²) >= 11 is 6.86. The summed E-state index contributed by atoms with van der Waals surface area (Å²) in [6.45, 7) is 5.96. The van der Waals surface area contributed by atoms with Crippen LogP contribution < -0.4 is 0 Å². The molecule has 0 fully saturated rings. The Kier molecular flexibility index (Phi) is 5.21. The maximum absolute atomic E-state index is 12.5. The van der Waals surface area contributed by atoms with E-state index in [1.165, 1.54) is 0 Å². The lowest BCUT2D eigenvalue weighted by molar-refractivity contribution is 0.0773. The highest BCUT2D eigenvalue weighted by molar-refractivity contribution is 9.10. The average Bonchev–Trinajstić information content (AvgIpc) is 3.01. The van der Waals surface area contributed by atoms with Crippen LogP contribution in [0.15, 0.2) is 21.3 Å². The molecule has 21 heavy (non-hydrogen) atoms. The van der Waals surface area contributed by atoms with Crippen LogP contribution in [0.4, 0.5) is 0 Å². The summed E-state index contributed by atoms with van der Waals surface area (Å²) in [7, 11) is 1.76. The zero-order chi connectivity index (χ0) is 15.6. The molecule has 0 N–H and O–H groups in total. The van der Waals surface area contributed by atoms with Crippen molar-refractivity contribution in [3.05, 3.63) is 32.7 Å². The molecule has 0 saturated carbocycles. The predicted octanol–water partition coefficient (Wildman–Crippen LogP) is 2.92. The van der Waals surface area contributed by atoms with Gasteiger partial charge >= 0.3 is 0 Å². The van der Waals surface area contributed by atoms with E-state index in [1.54, 1.807) is 22.8 Å². The van der Waals surface area contributed by atoms with Crippen LogP contribution in [0.25, 0.3) is 0 Å². The van der Waals surface area contributed by atoms with Gasteiger partial charge in [-0.25, -0.2) is 0 Å². The lowest BCUT2D eigenvalue weighted by Crippen LogP contribution is -2.28. The van der Waals surface area contributed by atoms with Crippen LogP contribution in [0.2, 0.25) is 0 Å². The summed E-state index contributed by atoms with van der Waals surface area (Å²) in [5.41, 5.74) is 1.40. The number of halogens is 2. The number of rotatable bonds is 5. The molecule has 1 amide bonds.